The van der Waals surface area contributed by atoms with Crippen molar-refractivity contribution in [1.29, 1.82) is 0 Å². The lowest BCUT2D eigenvalue weighted by molar-refractivity contribution is -0.130. The number of rotatable bonds is 6. The molecule has 2 rings (SSSR count). The van der Waals surface area contributed by atoms with Crippen LogP contribution in [0.2, 0.25) is 0 Å². The third-order valence-electron chi connectivity index (χ3n) is 3.49. The zero-order valence-electron chi connectivity index (χ0n) is 12.2. The van der Waals surface area contributed by atoms with E-state index in [2.05, 4.69) is 10.2 Å². The van der Waals surface area contributed by atoms with Gasteiger partial charge in [0.25, 0.3) is 5.91 Å². The van der Waals surface area contributed by atoms with Crippen LogP contribution >= 0.6 is 0 Å². The Bertz CT molecular complexity index is 482. The Labute approximate surface area is 118 Å². The number of carbonyl (C=O) groups excluding carboxylic acids is 2. The van der Waals surface area contributed by atoms with Crippen LogP contribution in [0.1, 0.15) is 26.5 Å². The average molecular weight is 279 g/mol. The number of nitrogens with zero attached hydrogens (tertiary/aromatic N) is 2. The average Bonchev–Trinajstić information content (AvgIpc) is 2.95. The highest BCUT2D eigenvalue weighted by atomic mass is 16.3. The molecule has 1 aliphatic rings. The predicted octanol–water partition coefficient (Wildman–Crippen LogP) is 1.43. The van der Waals surface area contributed by atoms with Gasteiger partial charge < -0.3 is 9.73 Å². The van der Waals surface area contributed by atoms with E-state index in [1.54, 1.807) is 20.1 Å². The second kappa shape index (κ2) is 5.66. The van der Waals surface area contributed by atoms with Gasteiger partial charge in [0.15, 0.2) is 0 Å². The van der Waals surface area contributed by atoms with Crippen LogP contribution in [0.25, 0.3) is 0 Å². The summed E-state index contributed by atoms with van der Waals surface area (Å²) < 4.78 is 5.31. The number of imide groups is 1. The van der Waals surface area contributed by atoms with Gasteiger partial charge in [0, 0.05) is 13.1 Å². The molecular formula is C14H21N3O3. The van der Waals surface area contributed by atoms with E-state index in [-0.39, 0.29) is 11.9 Å². The molecule has 1 N–H and O–H groups in total. The molecule has 0 aliphatic carbocycles. The minimum Gasteiger partial charge on any atom is -0.468 e. The Morgan fingerprint density at radius 2 is 2.15 bits per heavy atom. The molecule has 20 heavy (non-hydrogen) atoms. The smallest absolute Gasteiger partial charge is 0.325 e. The minimum atomic E-state index is -0.796. The van der Waals surface area contributed by atoms with Crippen molar-refractivity contribution in [3.05, 3.63) is 24.2 Å². The van der Waals surface area contributed by atoms with E-state index in [0.717, 1.165) is 12.3 Å². The maximum atomic E-state index is 12.1. The number of urea groups is 1. The van der Waals surface area contributed by atoms with Gasteiger partial charge in [0.2, 0.25) is 0 Å². The summed E-state index contributed by atoms with van der Waals surface area (Å²) in [5.41, 5.74) is -0.796. The lowest BCUT2D eigenvalue weighted by Gasteiger charge is -2.22. The van der Waals surface area contributed by atoms with Crippen molar-refractivity contribution in [1.82, 2.24) is 15.1 Å². The maximum absolute atomic E-state index is 12.1. The van der Waals surface area contributed by atoms with Crippen LogP contribution in [0, 0.1) is 0 Å². The molecule has 3 amide bonds. The predicted molar refractivity (Wildman–Crippen MR) is 74.0 cm³/mol. The first-order valence-corrected chi connectivity index (χ1v) is 6.83. The van der Waals surface area contributed by atoms with Crippen molar-refractivity contribution in [2.45, 2.75) is 32.9 Å². The standard InChI is InChI=1S/C14H21N3O3/c1-4-16(10-11-6-5-9-20-11)7-8-17-12(18)14(2,3)15-13(17)19/h5-6,9H,4,7-8,10H2,1-3H3,(H,15,19). The molecule has 0 bridgehead atoms. The van der Waals surface area contributed by atoms with Gasteiger partial charge in [-0.25, -0.2) is 4.79 Å². The molecule has 0 atom stereocenters. The molecule has 0 radical (unpaired) electrons. The van der Waals surface area contributed by atoms with Gasteiger partial charge in [-0.3, -0.25) is 14.6 Å². The van der Waals surface area contributed by atoms with Crippen molar-refractivity contribution in [3.8, 4) is 0 Å². The Morgan fingerprint density at radius 1 is 1.40 bits per heavy atom. The van der Waals surface area contributed by atoms with Crippen molar-refractivity contribution in [2.75, 3.05) is 19.6 Å². The van der Waals surface area contributed by atoms with E-state index < -0.39 is 5.54 Å². The molecule has 0 saturated carbocycles. The number of hydrogen-bond acceptors (Lipinski definition) is 4. The first-order valence-electron chi connectivity index (χ1n) is 6.83. The summed E-state index contributed by atoms with van der Waals surface area (Å²) in [6.07, 6.45) is 1.64. The lowest BCUT2D eigenvalue weighted by atomic mass is 10.1. The van der Waals surface area contributed by atoms with Gasteiger partial charge in [-0.2, -0.15) is 0 Å². The Balaban J connectivity index is 1.90. The highest BCUT2D eigenvalue weighted by Crippen LogP contribution is 2.16. The van der Waals surface area contributed by atoms with E-state index in [0.29, 0.717) is 19.6 Å². The number of furan rings is 1. The van der Waals surface area contributed by atoms with Crippen LogP contribution in [0.5, 0.6) is 0 Å². The monoisotopic (exact) mass is 279 g/mol. The van der Waals surface area contributed by atoms with Crippen molar-refractivity contribution in [3.63, 3.8) is 0 Å². The second-order valence-electron chi connectivity index (χ2n) is 5.46. The fourth-order valence-electron chi connectivity index (χ4n) is 2.23. The molecule has 1 saturated heterocycles. The Kier molecular flexibility index (Phi) is 4.13. The van der Waals surface area contributed by atoms with Gasteiger partial charge in [-0.05, 0) is 32.5 Å². The highest BCUT2D eigenvalue weighted by molar-refractivity contribution is 6.06. The molecular weight excluding hydrogens is 258 g/mol. The fraction of sp³-hybridized carbons (Fsp3) is 0.571. The third kappa shape index (κ3) is 3.01. The van der Waals surface area contributed by atoms with Crippen LogP contribution < -0.4 is 5.32 Å². The van der Waals surface area contributed by atoms with Crippen LogP contribution in [-0.2, 0) is 11.3 Å². The van der Waals surface area contributed by atoms with Crippen LogP contribution in [0.3, 0.4) is 0 Å². The highest BCUT2D eigenvalue weighted by Gasteiger charge is 2.43. The second-order valence-corrected chi connectivity index (χ2v) is 5.46. The molecule has 110 valence electrons. The molecule has 6 nitrogen and oxygen atoms in total. The topological polar surface area (TPSA) is 65.8 Å². The van der Waals surface area contributed by atoms with Crippen LogP contribution in [-0.4, -0.2) is 46.9 Å². The van der Waals surface area contributed by atoms with Gasteiger partial charge in [-0.1, -0.05) is 6.92 Å². The maximum Gasteiger partial charge on any atom is 0.325 e. The molecule has 6 heteroatoms. The largest absolute Gasteiger partial charge is 0.468 e. The normalized spacial score (nSPS) is 17.9. The van der Waals surface area contributed by atoms with Crippen molar-refractivity contribution in [2.24, 2.45) is 0 Å². The zero-order chi connectivity index (χ0) is 14.8. The third-order valence-corrected chi connectivity index (χ3v) is 3.49. The Morgan fingerprint density at radius 3 is 2.65 bits per heavy atom. The van der Waals surface area contributed by atoms with E-state index in [1.807, 2.05) is 19.1 Å². The number of likely N-dealkylation sites (N-methyl/N-ethyl adjacent to an activating group) is 1. The summed E-state index contributed by atoms with van der Waals surface area (Å²) in [4.78, 5) is 27.2. The number of hydrogen-bond donors (Lipinski definition) is 1. The van der Waals surface area contributed by atoms with Crippen molar-refractivity contribution < 1.29 is 14.0 Å². The summed E-state index contributed by atoms with van der Waals surface area (Å²) in [5.74, 6) is 0.709. The van der Waals surface area contributed by atoms with Gasteiger partial charge in [0.1, 0.15) is 11.3 Å². The molecule has 0 unspecified atom stereocenters. The lowest BCUT2D eigenvalue weighted by Crippen LogP contribution is -2.41. The quantitative estimate of drug-likeness (QED) is 0.800. The van der Waals surface area contributed by atoms with E-state index >= 15 is 0 Å². The summed E-state index contributed by atoms with van der Waals surface area (Å²) in [6, 6.07) is 3.46. The molecule has 2 heterocycles. The van der Waals surface area contributed by atoms with Gasteiger partial charge in [-0.15, -0.1) is 0 Å². The Hall–Kier alpha value is -1.82. The van der Waals surface area contributed by atoms with E-state index in [1.165, 1.54) is 4.90 Å². The number of nitrogens with one attached hydrogen (secondary N) is 1. The van der Waals surface area contributed by atoms with Crippen LogP contribution in [0.4, 0.5) is 4.79 Å². The first kappa shape index (κ1) is 14.6. The first-order chi connectivity index (χ1) is 9.44. The van der Waals surface area contributed by atoms with Crippen LogP contribution in [0.15, 0.2) is 22.8 Å². The molecule has 0 aromatic carbocycles. The summed E-state index contributed by atoms with van der Waals surface area (Å²) in [5, 5.41) is 2.68. The minimum absolute atomic E-state index is 0.170. The van der Waals surface area contributed by atoms with Gasteiger partial charge >= 0.3 is 6.03 Å². The summed E-state index contributed by atoms with van der Waals surface area (Å²) >= 11 is 0. The zero-order valence-corrected chi connectivity index (χ0v) is 12.2. The summed E-state index contributed by atoms with van der Waals surface area (Å²) in [7, 11) is 0. The number of amides is 3. The SMILES string of the molecule is CCN(CCN1C(=O)NC(C)(C)C1=O)Cc1ccco1. The van der Waals surface area contributed by atoms with Crippen molar-refractivity contribution >= 4 is 11.9 Å². The molecule has 1 aromatic heterocycles. The fourth-order valence-corrected chi connectivity index (χ4v) is 2.23. The molecule has 1 fully saturated rings. The van der Waals surface area contributed by atoms with E-state index in [9.17, 15) is 9.59 Å². The molecule has 0 spiro atoms. The van der Waals surface area contributed by atoms with Gasteiger partial charge in [0.05, 0.1) is 12.8 Å². The summed E-state index contributed by atoms with van der Waals surface area (Å²) in [6.45, 7) is 8.00. The molecule has 1 aliphatic heterocycles. The molecule has 1 aromatic rings. The van der Waals surface area contributed by atoms with E-state index in [4.69, 9.17) is 4.42 Å². The number of carbonyl (C=O) groups is 2.